The summed E-state index contributed by atoms with van der Waals surface area (Å²) < 4.78 is 0. The van der Waals surface area contributed by atoms with Crippen molar-refractivity contribution in [2.75, 3.05) is 6.54 Å². The molecule has 1 amide bonds. The first-order chi connectivity index (χ1) is 13.2. The van der Waals surface area contributed by atoms with Crippen molar-refractivity contribution in [1.82, 2.24) is 10.3 Å². The second-order valence-corrected chi connectivity index (χ2v) is 7.09. The van der Waals surface area contributed by atoms with Gasteiger partial charge in [-0.1, -0.05) is 36.4 Å². The summed E-state index contributed by atoms with van der Waals surface area (Å²) in [5.41, 5.74) is 8.72. The molecular formula is C22H24ClN3O2. The molecule has 28 heavy (non-hydrogen) atoms. The molecule has 1 aromatic heterocycles. The smallest absolute Gasteiger partial charge is 0.261 e. The molecule has 0 fully saturated rings. The Morgan fingerprint density at radius 3 is 2.61 bits per heavy atom. The Kier molecular flexibility index (Phi) is 6.17. The zero-order valence-corrected chi connectivity index (χ0v) is 16.4. The number of carbonyl (C=O) groups excluding carboxylic acids is 1. The molecule has 1 unspecified atom stereocenters. The molecule has 4 rings (SSSR count). The number of aromatic amines is 1. The average Bonchev–Trinajstić information content (AvgIpc) is 2.71. The van der Waals surface area contributed by atoms with Crippen molar-refractivity contribution in [3.63, 3.8) is 0 Å². The first kappa shape index (κ1) is 20.1. The second kappa shape index (κ2) is 8.59. The molecule has 0 saturated heterocycles. The Hall–Kier alpha value is -2.63. The van der Waals surface area contributed by atoms with Gasteiger partial charge in [-0.05, 0) is 59.7 Å². The maximum absolute atomic E-state index is 12.8. The standard InChI is InChI=1S/C22H23N3O2.ClH/c23-13-20(17-10-9-14-5-1-2-6-15(14)11-17)25-22(27)18-12-16-7-3-4-8-19(16)24-21(18)26;/h1-2,5-6,9-12,20H,3-4,7-8,13,23H2,(H,24,26)(H,25,27);1H. The first-order valence-corrected chi connectivity index (χ1v) is 9.40. The normalized spacial score (nSPS) is 14.0. The summed E-state index contributed by atoms with van der Waals surface area (Å²) in [6.45, 7) is 0.257. The van der Waals surface area contributed by atoms with Gasteiger partial charge in [-0.25, -0.2) is 0 Å². The number of H-pyrrole nitrogens is 1. The lowest BCUT2D eigenvalue weighted by atomic mass is 9.95. The lowest BCUT2D eigenvalue weighted by Gasteiger charge is -2.19. The molecule has 1 heterocycles. The van der Waals surface area contributed by atoms with Crippen molar-refractivity contribution < 1.29 is 4.79 Å². The van der Waals surface area contributed by atoms with E-state index in [1.54, 1.807) is 6.07 Å². The molecular weight excluding hydrogens is 374 g/mol. The highest BCUT2D eigenvalue weighted by Gasteiger charge is 2.20. The van der Waals surface area contributed by atoms with E-state index in [-0.39, 0.29) is 42.0 Å². The maximum Gasteiger partial charge on any atom is 0.261 e. The minimum absolute atomic E-state index is 0. The Morgan fingerprint density at radius 1 is 1.07 bits per heavy atom. The van der Waals surface area contributed by atoms with E-state index in [4.69, 9.17) is 5.73 Å². The predicted molar refractivity (Wildman–Crippen MR) is 114 cm³/mol. The molecule has 0 aliphatic heterocycles. The number of pyridine rings is 1. The third-order valence-corrected chi connectivity index (χ3v) is 5.30. The molecule has 0 saturated carbocycles. The summed E-state index contributed by atoms with van der Waals surface area (Å²) in [5.74, 6) is -0.381. The number of carbonyl (C=O) groups is 1. The highest BCUT2D eigenvalue weighted by atomic mass is 35.5. The molecule has 1 aliphatic rings. The van der Waals surface area contributed by atoms with E-state index in [1.807, 2.05) is 42.5 Å². The van der Waals surface area contributed by atoms with Crippen LogP contribution in [0.2, 0.25) is 0 Å². The zero-order valence-electron chi connectivity index (χ0n) is 15.5. The van der Waals surface area contributed by atoms with Crippen LogP contribution in [-0.4, -0.2) is 17.4 Å². The van der Waals surface area contributed by atoms with Crippen molar-refractivity contribution in [1.29, 1.82) is 0 Å². The van der Waals surface area contributed by atoms with Gasteiger partial charge in [0, 0.05) is 12.2 Å². The summed E-state index contributed by atoms with van der Waals surface area (Å²) in [6.07, 6.45) is 3.93. The van der Waals surface area contributed by atoms with Crippen LogP contribution in [0.4, 0.5) is 0 Å². The van der Waals surface area contributed by atoms with Crippen LogP contribution in [0.25, 0.3) is 10.8 Å². The number of nitrogens with two attached hydrogens (primary N) is 1. The molecule has 0 spiro atoms. The topological polar surface area (TPSA) is 88.0 Å². The van der Waals surface area contributed by atoms with Crippen LogP contribution < -0.4 is 16.6 Å². The fourth-order valence-corrected chi connectivity index (χ4v) is 3.78. The van der Waals surface area contributed by atoms with E-state index in [1.165, 1.54) is 0 Å². The van der Waals surface area contributed by atoms with E-state index in [0.717, 1.165) is 53.3 Å². The molecule has 0 bridgehead atoms. The number of halogens is 1. The largest absolute Gasteiger partial charge is 0.344 e. The number of aryl methyl sites for hydroxylation is 2. The van der Waals surface area contributed by atoms with Gasteiger partial charge in [0.15, 0.2) is 0 Å². The lowest BCUT2D eigenvalue weighted by molar-refractivity contribution is 0.0936. The van der Waals surface area contributed by atoms with E-state index >= 15 is 0 Å². The van der Waals surface area contributed by atoms with Gasteiger partial charge in [-0.2, -0.15) is 0 Å². The van der Waals surface area contributed by atoms with Gasteiger partial charge in [-0.3, -0.25) is 9.59 Å². The Morgan fingerprint density at radius 2 is 1.82 bits per heavy atom. The summed E-state index contributed by atoms with van der Waals surface area (Å²) in [7, 11) is 0. The number of aromatic nitrogens is 1. The number of hydrogen-bond donors (Lipinski definition) is 3. The van der Waals surface area contributed by atoms with E-state index in [2.05, 4.69) is 10.3 Å². The van der Waals surface area contributed by atoms with E-state index in [9.17, 15) is 9.59 Å². The van der Waals surface area contributed by atoms with Gasteiger partial charge in [0.05, 0.1) is 6.04 Å². The number of amides is 1. The number of fused-ring (bicyclic) bond motifs is 2. The van der Waals surface area contributed by atoms with Crippen LogP contribution in [0.1, 0.15) is 46.1 Å². The summed E-state index contributed by atoms with van der Waals surface area (Å²) in [5, 5.41) is 5.15. The maximum atomic E-state index is 12.8. The van der Waals surface area contributed by atoms with Crippen molar-refractivity contribution in [3.05, 3.63) is 81.3 Å². The molecule has 1 aliphatic carbocycles. The van der Waals surface area contributed by atoms with Gasteiger partial charge in [-0.15, -0.1) is 12.4 Å². The number of hydrogen-bond acceptors (Lipinski definition) is 3. The number of nitrogens with one attached hydrogen (secondary N) is 2. The van der Waals surface area contributed by atoms with Gasteiger partial charge in [0.25, 0.3) is 11.5 Å². The SMILES string of the molecule is Cl.NCC(NC(=O)c1cc2c([nH]c1=O)CCCC2)c1ccc2ccccc2c1. The van der Waals surface area contributed by atoms with Crippen LogP contribution in [-0.2, 0) is 12.8 Å². The molecule has 5 nitrogen and oxygen atoms in total. The van der Waals surface area contributed by atoms with Gasteiger partial charge >= 0.3 is 0 Å². The van der Waals surface area contributed by atoms with Crippen LogP contribution in [0.15, 0.2) is 53.3 Å². The molecule has 2 aromatic carbocycles. The second-order valence-electron chi connectivity index (χ2n) is 7.09. The van der Waals surface area contributed by atoms with E-state index in [0.29, 0.717) is 0 Å². The monoisotopic (exact) mass is 397 g/mol. The van der Waals surface area contributed by atoms with Gasteiger partial charge in [0.2, 0.25) is 0 Å². The molecule has 4 N–H and O–H groups in total. The zero-order chi connectivity index (χ0) is 18.8. The molecule has 3 aromatic rings. The average molecular weight is 398 g/mol. The van der Waals surface area contributed by atoms with Crippen LogP contribution in [0, 0.1) is 0 Å². The Labute approximate surface area is 169 Å². The highest BCUT2D eigenvalue weighted by molar-refractivity contribution is 5.94. The summed E-state index contributed by atoms with van der Waals surface area (Å²) in [6, 6.07) is 15.5. The fraction of sp³-hybridized carbons (Fsp3) is 0.273. The lowest BCUT2D eigenvalue weighted by Crippen LogP contribution is -2.36. The van der Waals surface area contributed by atoms with Crippen LogP contribution in [0.3, 0.4) is 0 Å². The molecule has 0 radical (unpaired) electrons. The Balaban J connectivity index is 0.00000225. The van der Waals surface area contributed by atoms with Crippen molar-refractivity contribution in [2.24, 2.45) is 5.73 Å². The minimum atomic E-state index is -0.381. The third-order valence-electron chi connectivity index (χ3n) is 5.30. The van der Waals surface area contributed by atoms with Gasteiger partial charge in [0.1, 0.15) is 5.56 Å². The minimum Gasteiger partial charge on any atom is -0.344 e. The van der Waals surface area contributed by atoms with Gasteiger partial charge < -0.3 is 16.0 Å². The van der Waals surface area contributed by atoms with Crippen molar-refractivity contribution in [3.8, 4) is 0 Å². The summed E-state index contributed by atoms with van der Waals surface area (Å²) in [4.78, 5) is 28.0. The summed E-state index contributed by atoms with van der Waals surface area (Å²) >= 11 is 0. The van der Waals surface area contributed by atoms with Crippen molar-refractivity contribution >= 4 is 29.1 Å². The van der Waals surface area contributed by atoms with Crippen LogP contribution in [0.5, 0.6) is 0 Å². The Bertz CT molecular complexity index is 1060. The highest BCUT2D eigenvalue weighted by Crippen LogP contribution is 2.21. The first-order valence-electron chi connectivity index (χ1n) is 9.40. The molecule has 1 atom stereocenters. The van der Waals surface area contributed by atoms with Crippen molar-refractivity contribution in [2.45, 2.75) is 31.7 Å². The fourth-order valence-electron chi connectivity index (χ4n) is 3.78. The number of rotatable bonds is 4. The third kappa shape index (κ3) is 3.96. The van der Waals surface area contributed by atoms with E-state index < -0.39 is 0 Å². The quantitative estimate of drug-likeness (QED) is 0.631. The van der Waals surface area contributed by atoms with Crippen LogP contribution >= 0.6 is 12.4 Å². The predicted octanol–water partition coefficient (Wildman–Crippen LogP) is 3.26. The molecule has 6 heteroatoms. The number of benzene rings is 2. The molecule has 146 valence electrons.